The number of hydrogen-bond donors (Lipinski definition) is 2. The maximum atomic E-state index is 12.6. The van der Waals surface area contributed by atoms with Gasteiger partial charge in [-0.2, -0.15) is 11.8 Å². The molecule has 0 radical (unpaired) electrons. The van der Waals surface area contributed by atoms with E-state index in [0.717, 1.165) is 10.2 Å². The van der Waals surface area contributed by atoms with Crippen LogP contribution in [0.15, 0.2) is 53.0 Å². The lowest BCUT2D eigenvalue weighted by Gasteiger charge is -2.18. The topological polar surface area (TPSA) is 58.2 Å². The first-order valence-corrected chi connectivity index (χ1v) is 10.2. The summed E-state index contributed by atoms with van der Waals surface area (Å²) in [7, 11) is 0. The van der Waals surface area contributed by atoms with Crippen molar-refractivity contribution < 1.29 is 9.59 Å². The fourth-order valence-electron chi connectivity index (χ4n) is 2.18. The third kappa shape index (κ3) is 6.06. The van der Waals surface area contributed by atoms with Crippen LogP contribution in [0.4, 0.5) is 5.69 Å². The van der Waals surface area contributed by atoms with Crippen LogP contribution in [-0.4, -0.2) is 29.9 Å². The summed E-state index contributed by atoms with van der Waals surface area (Å²) in [6.45, 7) is 0. The van der Waals surface area contributed by atoms with E-state index in [9.17, 15) is 9.59 Å². The van der Waals surface area contributed by atoms with Gasteiger partial charge in [-0.15, -0.1) is 0 Å². The summed E-state index contributed by atoms with van der Waals surface area (Å²) < 4.78 is 0.867. The van der Waals surface area contributed by atoms with Crippen LogP contribution in [0.25, 0.3) is 0 Å². The summed E-state index contributed by atoms with van der Waals surface area (Å²) in [5.74, 6) is 0.132. The minimum absolute atomic E-state index is 0.257. The summed E-state index contributed by atoms with van der Waals surface area (Å²) in [5.41, 5.74) is 1.02. The van der Waals surface area contributed by atoms with Gasteiger partial charge in [-0.3, -0.25) is 9.59 Å². The molecule has 132 valence electrons. The Morgan fingerprint density at radius 2 is 1.96 bits per heavy atom. The van der Waals surface area contributed by atoms with E-state index in [2.05, 4.69) is 26.6 Å². The lowest BCUT2D eigenvalue weighted by atomic mass is 10.1. The van der Waals surface area contributed by atoms with Crippen LogP contribution in [0.5, 0.6) is 0 Å². The first kappa shape index (κ1) is 19.8. The number of hydrogen-bond acceptors (Lipinski definition) is 3. The molecule has 25 heavy (non-hydrogen) atoms. The molecular formula is C18H18BrClN2O2S. The molecule has 0 heterocycles. The molecule has 0 saturated carbocycles. The number of benzene rings is 2. The number of thioether (sulfide) groups is 1. The summed E-state index contributed by atoms with van der Waals surface area (Å²) in [6.07, 6.45) is 2.48. The smallest absolute Gasteiger partial charge is 0.253 e. The van der Waals surface area contributed by atoms with Gasteiger partial charge in [-0.05, 0) is 48.8 Å². The van der Waals surface area contributed by atoms with Gasteiger partial charge in [-0.25, -0.2) is 0 Å². The number of rotatable bonds is 7. The van der Waals surface area contributed by atoms with Crippen LogP contribution in [0.2, 0.25) is 5.02 Å². The monoisotopic (exact) mass is 440 g/mol. The first-order chi connectivity index (χ1) is 12.0. The highest BCUT2D eigenvalue weighted by atomic mass is 79.9. The second-order valence-corrected chi connectivity index (χ2v) is 7.60. The second kappa shape index (κ2) is 9.85. The van der Waals surface area contributed by atoms with Gasteiger partial charge in [0.2, 0.25) is 5.91 Å². The Kier molecular flexibility index (Phi) is 7.81. The van der Waals surface area contributed by atoms with E-state index < -0.39 is 6.04 Å². The zero-order chi connectivity index (χ0) is 18.2. The Morgan fingerprint density at radius 1 is 1.20 bits per heavy atom. The molecule has 0 aliphatic rings. The van der Waals surface area contributed by atoms with Crippen LogP contribution >= 0.6 is 39.3 Å². The van der Waals surface area contributed by atoms with Gasteiger partial charge < -0.3 is 10.6 Å². The zero-order valence-corrected chi connectivity index (χ0v) is 16.7. The minimum atomic E-state index is -0.643. The van der Waals surface area contributed by atoms with E-state index in [1.165, 1.54) is 0 Å². The Balaban J connectivity index is 2.10. The van der Waals surface area contributed by atoms with Crippen LogP contribution in [0.3, 0.4) is 0 Å². The molecule has 2 amide bonds. The molecule has 7 heteroatoms. The van der Waals surface area contributed by atoms with Crippen LogP contribution in [0.1, 0.15) is 16.8 Å². The van der Waals surface area contributed by atoms with E-state index in [1.807, 2.05) is 18.4 Å². The number of halogens is 2. The van der Waals surface area contributed by atoms with Crippen LogP contribution in [-0.2, 0) is 4.79 Å². The van der Waals surface area contributed by atoms with Crippen LogP contribution in [0, 0.1) is 0 Å². The van der Waals surface area contributed by atoms with E-state index in [0.29, 0.717) is 22.7 Å². The molecule has 0 bridgehead atoms. The standard InChI is InChI=1S/C18H18BrClN2O2S/c1-25-10-9-16(18(24)21-13-6-4-5-12(19)11-13)22-17(23)14-7-2-3-8-15(14)20/h2-8,11,16H,9-10H2,1H3,(H,21,24)(H,22,23)/t16-/m1/s1. The maximum Gasteiger partial charge on any atom is 0.253 e. The highest BCUT2D eigenvalue weighted by Gasteiger charge is 2.22. The summed E-state index contributed by atoms with van der Waals surface area (Å²) in [6, 6.07) is 13.4. The van der Waals surface area contributed by atoms with E-state index in [-0.39, 0.29) is 11.8 Å². The van der Waals surface area contributed by atoms with E-state index in [1.54, 1.807) is 48.2 Å². The van der Waals surface area contributed by atoms with Gasteiger partial charge in [0.25, 0.3) is 5.91 Å². The number of carbonyl (C=O) groups excluding carboxylic acids is 2. The Labute approximate surface area is 164 Å². The lowest BCUT2D eigenvalue weighted by Crippen LogP contribution is -2.44. The second-order valence-electron chi connectivity index (χ2n) is 5.29. The molecule has 2 aromatic carbocycles. The lowest BCUT2D eigenvalue weighted by molar-refractivity contribution is -0.118. The molecule has 0 fully saturated rings. The number of anilines is 1. The maximum absolute atomic E-state index is 12.6. The fraction of sp³-hybridized carbons (Fsp3) is 0.222. The van der Waals surface area contributed by atoms with Crippen molar-refractivity contribution in [1.29, 1.82) is 0 Å². The SMILES string of the molecule is CSCC[C@@H](NC(=O)c1ccccc1Cl)C(=O)Nc1cccc(Br)c1. The third-order valence-corrected chi connectivity index (χ3v) is 4.91. The highest BCUT2D eigenvalue weighted by molar-refractivity contribution is 9.10. The van der Waals surface area contributed by atoms with Crippen molar-refractivity contribution in [3.63, 3.8) is 0 Å². The van der Waals surface area contributed by atoms with Crippen molar-refractivity contribution in [1.82, 2.24) is 5.32 Å². The minimum Gasteiger partial charge on any atom is -0.340 e. The van der Waals surface area contributed by atoms with Gasteiger partial charge in [0.15, 0.2) is 0 Å². The van der Waals surface area contributed by atoms with Crippen LogP contribution < -0.4 is 10.6 Å². The molecule has 0 aliphatic heterocycles. The third-order valence-electron chi connectivity index (χ3n) is 3.44. The van der Waals surface area contributed by atoms with Gasteiger partial charge in [0, 0.05) is 10.2 Å². The molecule has 0 unspecified atom stereocenters. The van der Waals surface area contributed by atoms with Crippen molar-refractivity contribution in [2.24, 2.45) is 0 Å². The molecule has 2 N–H and O–H groups in total. The average molecular weight is 442 g/mol. The normalized spacial score (nSPS) is 11.6. The van der Waals surface area contributed by atoms with Gasteiger partial charge in [0.05, 0.1) is 10.6 Å². The predicted molar refractivity (Wildman–Crippen MR) is 108 cm³/mol. The molecule has 4 nitrogen and oxygen atoms in total. The fourth-order valence-corrected chi connectivity index (χ4v) is 3.27. The highest BCUT2D eigenvalue weighted by Crippen LogP contribution is 2.17. The van der Waals surface area contributed by atoms with E-state index >= 15 is 0 Å². The quantitative estimate of drug-likeness (QED) is 0.660. The van der Waals surface area contributed by atoms with Crippen molar-refractivity contribution >= 4 is 56.8 Å². The zero-order valence-electron chi connectivity index (χ0n) is 13.6. The number of carbonyl (C=O) groups is 2. The van der Waals surface area contributed by atoms with Crippen molar-refractivity contribution in [2.45, 2.75) is 12.5 Å². The molecule has 2 rings (SSSR count). The Bertz CT molecular complexity index is 757. The van der Waals surface area contributed by atoms with E-state index in [4.69, 9.17) is 11.6 Å². The molecule has 1 atom stereocenters. The summed E-state index contributed by atoms with van der Waals surface area (Å²) >= 11 is 11.1. The molecule has 0 saturated heterocycles. The number of amides is 2. The predicted octanol–water partition coefficient (Wildman–Crippen LogP) is 4.59. The van der Waals surface area contributed by atoms with Gasteiger partial charge in [-0.1, -0.05) is 45.7 Å². The number of nitrogens with one attached hydrogen (secondary N) is 2. The largest absolute Gasteiger partial charge is 0.340 e. The molecule has 0 aliphatic carbocycles. The average Bonchev–Trinajstić information content (AvgIpc) is 2.58. The molecule has 0 aromatic heterocycles. The Hall–Kier alpha value is -1.50. The summed E-state index contributed by atoms with van der Waals surface area (Å²) in [5, 5.41) is 5.98. The van der Waals surface area contributed by atoms with Crippen molar-refractivity contribution in [2.75, 3.05) is 17.3 Å². The Morgan fingerprint density at radius 3 is 2.64 bits per heavy atom. The summed E-state index contributed by atoms with van der Waals surface area (Å²) in [4.78, 5) is 25.1. The first-order valence-electron chi connectivity index (χ1n) is 7.62. The molecule has 0 spiro atoms. The molecule has 2 aromatic rings. The van der Waals surface area contributed by atoms with Crippen molar-refractivity contribution in [3.8, 4) is 0 Å². The van der Waals surface area contributed by atoms with Crippen molar-refractivity contribution in [3.05, 3.63) is 63.6 Å². The van der Waals surface area contributed by atoms with Gasteiger partial charge in [0.1, 0.15) is 6.04 Å². The van der Waals surface area contributed by atoms with Gasteiger partial charge >= 0.3 is 0 Å². The molecular weight excluding hydrogens is 424 g/mol.